The molecule has 0 amide bonds. The van der Waals surface area contributed by atoms with Crippen LogP contribution in [0.3, 0.4) is 0 Å². The minimum atomic E-state index is 0.462. The summed E-state index contributed by atoms with van der Waals surface area (Å²) in [6.45, 7) is 5.99. The van der Waals surface area contributed by atoms with Crippen molar-refractivity contribution in [3.05, 3.63) is 29.2 Å². The second kappa shape index (κ2) is 4.53. The van der Waals surface area contributed by atoms with Gasteiger partial charge >= 0.3 is 0 Å². The van der Waals surface area contributed by atoms with Crippen LogP contribution in [0.1, 0.15) is 29.4 Å². The number of ether oxygens (including phenoxy) is 1. The van der Waals surface area contributed by atoms with Crippen LogP contribution in [0.15, 0.2) is 21.0 Å². The van der Waals surface area contributed by atoms with E-state index in [-0.39, 0.29) is 0 Å². The van der Waals surface area contributed by atoms with Crippen molar-refractivity contribution in [3.8, 4) is 5.75 Å². The average Bonchev–Trinajstić information content (AvgIpc) is 3.14. The van der Waals surface area contributed by atoms with Crippen molar-refractivity contribution in [2.24, 2.45) is 0 Å². The molecule has 0 saturated carbocycles. The molecule has 1 aliphatic rings. The zero-order valence-corrected chi connectivity index (χ0v) is 12.6. The number of nitrogens with one attached hydrogen (secondary N) is 1. The maximum Gasteiger partial charge on any atom is 0.177 e. The van der Waals surface area contributed by atoms with E-state index >= 15 is 0 Å². The van der Waals surface area contributed by atoms with E-state index in [9.17, 15) is 0 Å². The van der Waals surface area contributed by atoms with Crippen molar-refractivity contribution in [2.45, 2.75) is 26.2 Å². The second-order valence-corrected chi connectivity index (χ2v) is 5.84. The third kappa shape index (κ3) is 1.79. The molecule has 0 bridgehead atoms. The van der Waals surface area contributed by atoms with Gasteiger partial charge in [-0.05, 0) is 38.9 Å². The van der Waals surface area contributed by atoms with Crippen LogP contribution in [-0.4, -0.2) is 20.2 Å². The fourth-order valence-corrected chi connectivity index (χ4v) is 3.52. The van der Waals surface area contributed by atoms with Gasteiger partial charge in [0.15, 0.2) is 11.3 Å². The third-order valence-electron chi connectivity index (χ3n) is 4.37. The van der Waals surface area contributed by atoms with Gasteiger partial charge in [-0.2, -0.15) is 0 Å². The normalized spacial score (nSPS) is 18.9. The number of furan rings is 2. The Morgan fingerprint density at radius 3 is 2.48 bits per heavy atom. The summed E-state index contributed by atoms with van der Waals surface area (Å²) in [4.78, 5) is 0. The molecular formula is C17H19NO3. The summed E-state index contributed by atoms with van der Waals surface area (Å²) < 4.78 is 17.6. The highest BCUT2D eigenvalue weighted by molar-refractivity contribution is 6.05. The first-order valence-corrected chi connectivity index (χ1v) is 7.40. The van der Waals surface area contributed by atoms with Gasteiger partial charge in [0, 0.05) is 23.4 Å². The molecule has 2 aromatic heterocycles. The predicted molar refractivity (Wildman–Crippen MR) is 82.2 cm³/mol. The number of hydrogen-bond donors (Lipinski definition) is 1. The Kier molecular flexibility index (Phi) is 2.76. The number of methoxy groups -OCH3 is 1. The molecule has 1 aromatic carbocycles. The number of rotatable bonds is 2. The summed E-state index contributed by atoms with van der Waals surface area (Å²) in [5.41, 5.74) is 3.05. The van der Waals surface area contributed by atoms with Crippen LogP contribution in [0.25, 0.3) is 21.9 Å². The second-order valence-electron chi connectivity index (χ2n) is 5.84. The Bertz CT molecular complexity index is 764. The topological polar surface area (TPSA) is 47.5 Å². The fourth-order valence-electron chi connectivity index (χ4n) is 3.52. The molecule has 4 nitrogen and oxygen atoms in total. The molecule has 4 rings (SSSR count). The van der Waals surface area contributed by atoms with E-state index < -0.39 is 0 Å². The molecule has 21 heavy (non-hydrogen) atoms. The number of benzene rings is 1. The summed E-state index contributed by atoms with van der Waals surface area (Å²) >= 11 is 0. The lowest BCUT2D eigenvalue weighted by atomic mass is 9.93. The van der Waals surface area contributed by atoms with Crippen molar-refractivity contribution >= 4 is 21.9 Å². The Hall–Kier alpha value is -1.94. The Labute approximate surface area is 123 Å². The first kappa shape index (κ1) is 12.8. The molecule has 0 spiro atoms. The van der Waals surface area contributed by atoms with Gasteiger partial charge in [0.05, 0.1) is 12.5 Å². The van der Waals surface area contributed by atoms with Gasteiger partial charge in [0.1, 0.15) is 17.1 Å². The minimum Gasteiger partial charge on any atom is -0.492 e. The first-order chi connectivity index (χ1) is 10.2. The molecule has 0 aliphatic carbocycles. The SMILES string of the molecule is COc1c2cc(C)oc2c(C2CCNC2)c2cc(C)oc12. The standard InChI is InChI=1S/C17H19NO3/c1-9-6-12-14(11-4-5-18-8-11)15-13(7-10(2)20-15)16(19-3)17(12)21-9/h6-7,11,18H,4-5,8H2,1-3H3. The highest BCUT2D eigenvalue weighted by Crippen LogP contribution is 2.44. The maximum atomic E-state index is 6.02. The zero-order valence-electron chi connectivity index (χ0n) is 12.6. The van der Waals surface area contributed by atoms with Gasteiger partial charge in [-0.1, -0.05) is 0 Å². The summed E-state index contributed by atoms with van der Waals surface area (Å²) in [6, 6.07) is 4.14. The molecule has 1 unspecified atom stereocenters. The Morgan fingerprint density at radius 2 is 1.81 bits per heavy atom. The fraction of sp³-hybridized carbons (Fsp3) is 0.412. The van der Waals surface area contributed by atoms with E-state index in [0.717, 1.165) is 58.7 Å². The molecular weight excluding hydrogens is 266 g/mol. The third-order valence-corrected chi connectivity index (χ3v) is 4.37. The van der Waals surface area contributed by atoms with Crippen molar-refractivity contribution in [1.29, 1.82) is 0 Å². The molecule has 1 fully saturated rings. The maximum absolute atomic E-state index is 6.02. The van der Waals surface area contributed by atoms with Crippen LogP contribution in [0.5, 0.6) is 5.75 Å². The molecule has 1 saturated heterocycles. The molecule has 1 N–H and O–H groups in total. The smallest absolute Gasteiger partial charge is 0.177 e. The highest BCUT2D eigenvalue weighted by Gasteiger charge is 2.28. The van der Waals surface area contributed by atoms with Gasteiger partial charge < -0.3 is 18.9 Å². The lowest BCUT2D eigenvalue weighted by Crippen LogP contribution is -2.08. The van der Waals surface area contributed by atoms with Crippen molar-refractivity contribution in [2.75, 3.05) is 20.2 Å². The Balaban J connectivity index is 2.16. The monoisotopic (exact) mass is 285 g/mol. The number of fused-ring (bicyclic) bond motifs is 2. The summed E-state index contributed by atoms with van der Waals surface area (Å²) in [7, 11) is 1.69. The summed E-state index contributed by atoms with van der Waals surface area (Å²) in [6.07, 6.45) is 1.13. The van der Waals surface area contributed by atoms with Crippen molar-refractivity contribution < 1.29 is 13.6 Å². The first-order valence-electron chi connectivity index (χ1n) is 7.40. The van der Waals surface area contributed by atoms with Crippen LogP contribution in [0.2, 0.25) is 0 Å². The Morgan fingerprint density at radius 1 is 1.10 bits per heavy atom. The molecule has 3 aromatic rings. The van der Waals surface area contributed by atoms with Crippen LogP contribution in [0, 0.1) is 13.8 Å². The van der Waals surface area contributed by atoms with Crippen molar-refractivity contribution in [1.82, 2.24) is 5.32 Å². The molecule has 3 heterocycles. The number of aryl methyl sites for hydroxylation is 2. The highest BCUT2D eigenvalue weighted by atomic mass is 16.5. The molecule has 0 radical (unpaired) electrons. The van der Waals surface area contributed by atoms with E-state index in [4.69, 9.17) is 13.6 Å². The van der Waals surface area contributed by atoms with Crippen molar-refractivity contribution in [3.63, 3.8) is 0 Å². The molecule has 1 aliphatic heterocycles. The van der Waals surface area contributed by atoms with E-state index in [1.54, 1.807) is 7.11 Å². The van der Waals surface area contributed by atoms with E-state index in [2.05, 4.69) is 11.4 Å². The van der Waals surface area contributed by atoms with E-state index in [1.807, 2.05) is 19.9 Å². The van der Waals surface area contributed by atoms with Crippen LogP contribution < -0.4 is 10.1 Å². The van der Waals surface area contributed by atoms with E-state index in [1.165, 1.54) is 5.56 Å². The van der Waals surface area contributed by atoms with Gasteiger partial charge in [-0.25, -0.2) is 0 Å². The summed E-state index contributed by atoms with van der Waals surface area (Å²) in [5.74, 6) is 3.04. The minimum absolute atomic E-state index is 0.462. The van der Waals surface area contributed by atoms with Crippen LogP contribution in [-0.2, 0) is 0 Å². The predicted octanol–water partition coefficient (Wildman–Crippen LogP) is 3.88. The van der Waals surface area contributed by atoms with E-state index in [0.29, 0.717) is 5.92 Å². The quantitative estimate of drug-likeness (QED) is 0.776. The lowest BCUT2D eigenvalue weighted by Gasteiger charge is -2.13. The zero-order chi connectivity index (χ0) is 14.6. The molecule has 4 heteroatoms. The van der Waals surface area contributed by atoms with Crippen LogP contribution >= 0.6 is 0 Å². The number of hydrogen-bond acceptors (Lipinski definition) is 4. The largest absolute Gasteiger partial charge is 0.492 e. The molecule has 110 valence electrons. The van der Waals surface area contributed by atoms with Gasteiger partial charge in [-0.3, -0.25) is 0 Å². The van der Waals surface area contributed by atoms with Gasteiger partial charge in [0.2, 0.25) is 0 Å². The van der Waals surface area contributed by atoms with Gasteiger partial charge in [0.25, 0.3) is 0 Å². The van der Waals surface area contributed by atoms with Crippen LogP contribution in [0.4, 0.5) is 0 Å². The summed E-state index contributed by atoms with van der Waals surface area (Å²) in [5, 5.41) is 5.58. The molecule has 1 atom stereocenters. The lowest BCUT2D eigenvalue weighted by molar-refractivity contribution is 0.413. The van der Waals surface area contributed by atoms with Gasteiger partial charge in [-0.15, -0.1) is 0 Å². The average molecular weight is 285 g/mol.